The summed E-state index contributed by atoms with van der Waals surface area (Å²) in [7, 11) is 0. The van der Waals surface area contributed by atoms with Crippen molar-refractivity contribution in [2.45, 2.75) is 6.42 Å². The van der Waals surface area contributed by atoms with Crippen LogP contribution in [0.4, 0.5) is 0 Å². The molecule has 4 heteroatoms. The van der Waals surface area contributed by atoms with Crippen molar-refractivity contribution in [1.29, 1.82) is 0 Å². The fourth-order valence-electron chi connectivity index (χ4n) is 2.71. The second kappa shape index (κ2) is 6.96. The van der Waals surface area contributed by atoms with Gasteiger partial charge in [0, 0.05) is 12.5 Å². The fourth-order valence-corrected chi connectivity index (χ4v) is 2.71. The minimum atomic E-state index is -0.407. The molecule has 0 spiro atoms. The Labute approximate surface area is 139 Å². The van der Waals surface area contributed by atoms with Gasteiger partial charge in [-0.15, -0.1) is 0 Å². The van der Waals surface area contributed by atoms with Gasteiger partial charge in [-0.2, -0.15) is 0 Å². The van der Waals surface area contributed by atoms with Crippen LogP contribution in [0.15, 0.2) is 61.2 Å². The van der Waals surface area contributed by atoms with Gasteiger partial charge in [0.15, 0.2) is 0 Å². The summed E-state index contributed by atoms with van der Waals surface area (Å²) >= 11 is 0. The predicted octanol–water partition coefficient (Wildman–Crippen LogP) is 3.80. The lowest BCUT2D eigenvalue weighted by molar-refractivity contribution is -0.137. The van der Waals surface area contributed by atoms with Gasteiger partial charge in [-0.1, -0.05) is 43.0 Å². The number of fused-ring (bicyclic) bond motifs is 3. The fraction of sp³-hybridized carbons (Fsp3) is 0.100. The number of rotatable bonds is 6. The monoisotopic (exact) mass is 320 g/mol. The van der Waals surface area contributed by atoms with Crippen LogP contribution >= 0.6 is 0 Å². The van der Waals surface area contributed by atoms with Crippen LogP contribution in [0.25, 0.3) is 21.5 Å². The minimum absolute atomic E-state index is 0.330. The molecule has 0 saturated carbocycles. The summed E-state index contributed by atoms with van der Waals surface area (Å²) in [6, 6.07) is 15.8. The molecule has 0 fully saturated rings. The van der Waals surface area contributed by atoms with E-state index in [-0.39, 0.29) is 0 Å². The zero-order valence-corrected chi connectivity index (χ0v) is 13.0. The summed E-state index contributed by atoms with van der Waals surface area (Å²) in [5, 5.41) is 4.33. The molecular weight excluding hydrogens is 304 g/mol. The average Bonchev–Trinajstić information content (AvgIpc) is 2.61. The van der Waals surface area contributed by atoms with E-state index in [0.29, 0.717) is 25.2 Å². The van der Waals surface area contributed by atoms with Crippen LogP contribution in [0.3, 0.4) is 0 Å². The van der Waals surface area contributed by atoms with Gasteiger partial charge in [0.2, 0.25) is 0 Å². The smallest absolute Gasteiger partial charge is 0.330 e. The number of ether oxygens (including phenoxy) is 2. The molecule has 3 aromatic rings. The number of carbonyl (C=O) groups excluding carboxylic acids is 2. The Morgan fingerprint density at radius 2 is 1.71 bits per heavy atom. The van der Waals surface area contributed by atoms with Gasteiger partial charge in [0.05, 0.1) is 6.61 Å². The molecule has 0 radical (unpaired) electrons. The lowest BCUT2D eigenvalue weighted by atomic mass is 9.99. The molecule has 0 aromatic heterocycles. The van der Waals surface area contributed by atoms with Crippen LogP contribution in [0.1, 0.15) is 5.56 Å². The highest BCUT2D eigenvalue weighted by Crippen LogP contribution is 2.29. The zero-order chi connectivity index (χ0) is 16.9. The van der Waals surface area contributed by atoms with E-state index in [9.17, 15) is 9.59 Å². The summed E-state index contributed by atoms with van der Waals surface area (Å²) < 4.78 is 9.90. The molecular formula is C20H16O4. The molecule has 0 saturated heterocycles. The molecule has 0 amide bonds. The topological polar surface area (TPSA) is 52.6 Å². The van der Waals surface area contributed by atoms with Gasteiger partial charge >= 0.3 is 5.97 Å². The van der Waals surface area contributed by atoms with Crippen LogP contribution in [0.2, 0.25) is 0 Å². The third-order valence-electron chi connectivity index (χ3n) is 3.86. The first-order valence-corrected chi connectivity index (χ1v) is 7.56. The molecule has 3 aromatic carbocycles. The van der Waals surface area contributed by atoms with Gasteiger partial charge in [0.1, 0.15) is 5.75 Å². The Balaban J connectivity index is 1.89. The number of esters is 1. The maximum atomic E-state index is 11.1. The molecule has 24 heavy (non-hydrogen) atoms. The van der Waals surface area contributed by atoms with Gasteiger partial charge in [-0.05, 0) is 39.2 Å². The SMILES string of the molecule is C=CC(=O)OCCc1ccc2c(ccc3cc(OC=O)ccc32)c1. The third-order valence-corrected chi connectivity index (χ3v) is 3.86. The van der Waals surface area contributed by atoms with Crippen LogP contribution in [0, 0.1) is 0 Å². The molecule has 0 N–H and O–H groups in total. The van der Waals surface area contributed by atoms with Crippen LogP contribution < -0.4 is 4.74 Å². The summed E-state index contributed by atoms with van der Waals surface area (Å²) in [5.41, 5.74) is 1.10. The number of hydrogen-bond acceptors (Lipinski definition) is 4. The first kappa shape index (κ1) is 15.7. The van der Waals surface area contributed by atoms with Crippen molar-refractivity contribution in [3.63, 3.8) is 0 Å². The number of carbonyl (C=O) groups is 2. The van der Waals surface area contributed by atoms with Crippen molar-refractivity contribution < 1.29 is 19.1 Å². The Morgan fingerprint density at radius 1 is 1.00 bits per heavy atom. The highest BCUT2D eigenvalue weighted by molar-refractivity contribution is 6.08. The largest absolute Gasteiger partial charge is 0.462 e. The molecule has 0 heterocycles. The lowest BCUT2D eigenvalue weighted by Crippen LogP contribution is -2.04. The minimum Gasteiger partial charge on any atom is -0.462 e. The van der Waals surface area contributed by atoms with Crippen molar-refractivity contribution in [2.24, 2.45) is 0 Å². The van der Waals surface area contributed by atoms with Crippen molar-refractivity contribution in [3.05, 3.63) is 66.7 Å². The maximum Gasteiger partial charge on any atom is 0.330 e. The second-order valence-corrected chi connectivity index (χ2v) is 5.34. The summed E-state index contributed by atoms with van der Waals surface area (Å²) in [6.45, 7) is 4.13. The average molecular weight is 320 g/mol. The highest BCUT2D eigenvalue weighted by atomic mass is 16.5. The lowest BCUT2D eigenvalue weighted by Gasteiger charge is -2.08. The van der Waals surface area contributed by atoms with Crippen molar-refractivity contribution >= 4 is 34.0 Å². The third kappa shape index (κ3) is 3.27. The second-order valence-electron chi connectivity index (χ2n) is 5.34. The van der Waals surface area contributed by atoms with Crippen molar-refractivity contribution in [2.75, 3.05) is 6.61 Å². The molecule has 3 rings (SSSR count). The van der Waals surface area contributed by atoms with E-state index in [2.05, 4.69) is 18.7 Å². The number of benzene rings is 3. The molecule has 0 bridgehead atoms. The summed E-state index contributed by atoms with van der Waals surface area (Å²) in [5.74, 6) is 0.118. The van der Waals surface area contributed by atoms with E-state index in [1.165, 1.54) is 0 Å². The zero-order valence-electron chi connectivity index (χ0n) is 13.0. The summed E-state index contributed by atoms with van der Waals surface area (Å²) in [6.07, 6.45) is 1.81. The normalized spacial score (nSPS) is 10.5. The maximum absolute atomic E-state index is 11.1. The standard InChI is InChI=1S/C20H16O4/c1-2-20(22)23-10-9-14-3-7-18-15(11-14)4-5-16-12-17(24-13-21)6-8-19(16)18/h2-8,11-13H,1,9-10H2. The molecule has 0 aliphatic rings. The van der Waals surface area contributed by atoms with E-state index in [1.54, 1.807) is 6.07 Å². The van der Waals surface area contributed by atoms with Gasteiger partial charge in [-0.3, -0.25) is 4.79 Å². The van der Waals surface area contributed by atoms with Crippen LogP contribution in [-0.4, -0.2) is 19.0 Å². The van der Waals surface area contributed by atoms with Gasteiger partial charge < -0.3 is 9.47 Å². The Hall–Kier alpha value is -3.14. The predicted molar refractivity (Wildman–Crippen MR) is 93.0 cm³/mol. The molecule has 0 atom stereocenters. The first-order valence-electron chi connectivity index (χ1n) is 7.56. The van der Waals surface area contributed by atoms with E-state index in [0.717, 1.165) is 33.2 Å². The first-order chi connectivity index (χ1) is 11.7. The van der Waals surface area contributed by atoms with Gasteiger partial charge in [-0.25, -0.2) is 4.79 Å². The van der Waals surface area contributed by atoms with Crippen molar-refractivity contribution in [1.82, 2.24) is 0 Å². The van der Waals surface area contributed by atoms with E-state index in [4.69, 9.17) is 9.47 Å². The van der Waals surface area contributed by atoms with Gasteiger partial charge in [0.25, 0.3) is 6.47 Å². The quantitative estimate of drug-likeness (QED) is 0.300. The molecule has 0 aliphatic heterocycles. The molecule has 4 nitrogen and oxygen atoms in total. The van der Waals surface area contributed by atoms with E-state index in [1.807, 2.05) is 30.3 Å². The molecule has 0 unspecified atom stereocenters. The van der Waals surface area contributed by atoms with Crippen LogP contribution in [-0.2, 0) is 20.7 Å². The van der Waals surface area contributed by atoms with E-state index >= 15 is 0 Å². The van der Waals surface area contributed by atoms with E-state index < -0.39 is 5.97 Å². The Bertz CT molecular complexity index is 927. The Morgan fingerprint density at radius 3 is 2.42 bits per heavy atom. The molecule has 120 valence electrons. The number of hydrogen-bond donors (Lipinski definition) is 0. The molecule has 0 aliphatic carbocycles. The van der Waals surface area contributed by atoms with Crippen LogP contribution in [0.5, 0.6) is 5.75 Å². The summed E-state index contributed by atoms with van der Waals surface area (Å²) in [4.78, 5) is 21.5. The Kier molecular flexibility index (Phi) is 4.57. The van der Waals surface area contributed by atoms with Crippen molar-refractivity contribution in [3.8, 4) is 5.75 Å². The highest BCUT2D eigenvalue weighted by Gasteiger charge is 2.04.